The predicted molar refractivity (Wildman–Crippen MR) is 151 cm³/mol. The summed E-state index contributed by atoms with van der Waals surface area (Å²) in [5.41, 5.74) is 4.04. The van der Waals surface area contributed by atoms with Crippen LogP contribution in [0.1, 0.15) is 39.2 Å². The second kappa shape index (κ2) is 12.0. The largest absolute Gasteiger partial charge is 0.454 e. The Kier molecular flexibility index (Phi) is 9.57. The van der Waals surface area contributed by atoms with E-state index in [0.717, 1.165) is 4.31 Å². The van der Waals surface area contributed by atoms with Gasteiger partial charge in [0, 0.05) is 46.1 Å². The molecule has 3 rings (SSSR count). The molecule has 11 nitrogen and oxygen atoms in total. The van der Waals surface area contributed by atoms with Crippen LogP contribution in [0.5, 0.6) is 11.5 Å². The van der Waals surface area contributed by atoms with E-state index in [4.69, 9.17) is 15.2 Å². The highest BCUT2D eigenvalue weighted by Crippen LogP contribution is 2.41. The zero-order valence-electron chi connectivity index (χ0n) is 23.5. The van der Waals surface area contributed by atoms with Crippen molar-refractivity contribution in [3.05, 3.63) is 54.1 Å². The number of aliphatic hydroxyl groups is 1. The van der Waals surface area contributed by atoms with E-state index in [9.17, 15) is 26.7 Å². The summed E-state index contributed by atoms with van der Waals surface area (Å²) in [6.07, 6.45) is -1.13. The molecule has 1 aliphatic heterocycles. The van der Waals surface area contributed by atoms with Crippen LogP contribution in [0.4, 0.5) is 0 Å². The third-order valence-corrected chi connectivity index (χ3v) is 11.7. The van der Waals surface area contributed by atoms with Gasteiger partial charge in [0.1, 0.15) is 4.75 Å². The summed E-state index contributed by atoms with van der Waals surface area (Å²) < 4.78 is 65.7. The number of primary amides is 1. The maximum atomic E-state index is 13.8. The van der Waals surface area contributed by atoms with Gasteiger partial charge in [-0.3, -0.25) is 4.79 Å². The Hall–Kier alpha value is -2.71. The molecule has 0 saturated carbocycles. The van der Waals surface area contributed by atoms with E-state index in [1.807, 2.05) is 13.8 Å². The Labute approximate surface area is 237 Å². The molecule has 0 saturated heterocycles. The van der Waals surface area contributed by atoms with Crippen LogP contribution in [0.25, 0.3) is 0 Å². The van der Waals surface area contributed by atoms with Crippen molar-refractivity contribution in [1.82, 2.24) is 8.61 Å². The van der Waals surface area contributed by atoms with Crippen molar-refractivity contribution in [2.75, 3.05) is 34.0 Å². The summed E-state index contributed by atoms with van der Waals surface area (Å²) in [5, 5.41) is 12.3. The van der Waals surface area contributed by atoms with Gasteiger partial charge in [0.25, 0.3) is 0 Å². The second-order valence-electron chi connectivity index (χ2n) is 10.9. The second-order valence-corrected chi connectivity index (χ2v) is 15.4. The number of benzene rings is 2. The van der Waals surface area contributed by atoms with Gasteiger partial charge in [-0.15, -0.1) is 0 Å². The van der Waals surface area contributed by atoms with Crippen molar-refractivity contribution in [3.8, 4) is 11.5 Å². The predicted octanol–water partition coefficient (Wildman–Crippen LogP) is 1.95. The lowest BCUT2D eigenvalue weighted by molar-refractivity contribution is -0.121. The SMILES string of the molecule is CC(C)CN(CC[C@](O)(Cc1ccccc1)C(C)(CC(N)=O)S(=O)(=O)N(C)C)S(=O)(=O)c1ccc2c(c1)OCO2. The van der Waals surface area contributed by atoms with E-state index in [-0.39, 0.29) is 43.5 Å². The summed E-state index contributed by atoms with van der Waals surface area (Å²) >= 11 is 0. The topological polar surface area (TPSA) is 157 Å². The molecule has 1 aliphatic rings. The molecule has 0 fully saturated rings. The standard InChI is InChI=1S/C27H39N3O8S2/c1-20(2)18-30(39(33,34)22-11-12-23-24(15-22)38-19-37-23)14-13-27(32,16-21-9-7-6-8-10-21)26(3,17-25(28)31)40(35,36)29(4)5/h6-12,15,20,32H,13-14,16-19H2,1-5H3,(H2,28,31)/t26?,27-/m0/s1. The molecule has 0 spiro atoms. The summed E-state index contributed by atoms with van der Waals surface area (Å²) in [6, 6.07) is 13.1. The molecular weight excluding hydrogens is 558 g/mol. The van der Waals surface area contributed by atoms with E-state index in [0.29, 0.717) is 17.1 Å². The zero-order chi connectivity index (χ0) is 29.9. The van der Waals surface area contributed by atoms with Crippen molar-refractivity contribution >= 4 is 26.0 Å². The van der Waals surface area contributed by atoms with Crippen molar-refractivity contribution in [2.45, 2.75) is 55.3 Å². The molecule has 0 radical (unpaired) electrons. The normalized spacial score (nSPS) is 16.7. The molecule has 222 valence electrons. The van der Waals surface area contributed by atoms with Gasteiger partial charge in [-0.2, -0.15) is 4.31 Å². The Bertz CT molecular complexity index is 1410. The number of sulfonamides is 2. The van der Waals surface area contributed by atoms with Gasteiger partial charge in [0.15, 0.2) is 11.5 Å². The molecule has 40 heavy (non-hydrogen) atoms. The number of fused-ring (bicyclic) bond motifs is 1. The van der Waals surface area contributed by atoms with E-state index >= 15 is 0 Å². The maximum Gasteiger partial charge on any atom is 0.243 e. The Morgan fingerprint density at radius 2 is 1.68 bits per heavy atom. The molecule has 1 amide bonds. The number of rotatable bonds is 14. The molecule has 0 aromatic heterocycles. The molecule has 2 aromatic rings. The summed E-state index contributed by atoms with van der Waals surface area (Å²) in [5.74, 6) is -0.264. The minimum absolute atomic E-state index is 0.0140. The van der Waals surface area contributed by atoms with Gasteiger partial charge in [0.2, 0.25) is 32.7 Å². The highest BCUT2D eigenvalue weighted by atomic mass is 32.2. The van der Waals surface area contributed by atoms with Crippen molar-refractivity contribution in [3.63, 3.8) is 0 Å². The number of amides is 1. The molecule has 2 atom stereocenters. The number of nitrogens with zero attached hydrogens (tertiary/aromatic N) is 2. The van der Waals surface area contributed by atoms with Crippen LogP contribution in [-0.4, -0.2) is 80.8 Å². The first-order chi connectivity index (χ1) is 18.5. The first-order valence-electron chi connectivity index (χ1n) is 12.9. The van der Waals surface area contributed by atoms with E-state index in [1.54, 1.807) is 30.3 Å². The van der Waals surface area contributed by atoms with Gasteiger partial charge < -0.3 is 20.3 Å². The quantitative estimate of drug-likeness (QED) is 0.335. The van der Waals surface area contributed by atoms with Crippen molar-refractivity contribution in [2.24, 2.45) is 11.7 Å². The van der Waals surface area contributed by atoms with Gasteiger partial charge in [-0.25, -0.2) is 21.1 Å². The van der Waals surface area contributed by atoms with Gasteiger partial charge in [-0.1, -0.05) is 44.2 Å². The number of hydrogen-bond acceptors (Lipinski definition) is 8. The molecule has 1 heterocycles. The minimum Gasteiger partial charge on any atom is -0.454 e. The highest BCUT2D eigenvalue weighted by Gasteiger charge is 2.57. The van der Waals surface area contributed by atoms with Crippen molar-refractivity contribution in [1.29, 1.82) is 0 Å². The molecule has 13 heteroatoms. The van der Waals surface area contributed by atoms with Gasteiger partial charge in [0.05, 0.1) is 10.5 Å². The number of ether oxygens (including phenoxy) is 2. The van der Waals surface area contributed by atoms with Gasteiger partial charge in [-0.05, 0) is 37.0 Å². The van der Waals surface area contributed by atoms with E-state index < -0.39 is 42.7 Å². The minimum atomic E-state index is -4.29. The smallest absolute Gasteiger partial charge is 0.243 e. The monoisotopic (exact) mass is 597 g/mol. The fraction of sp³-hybridized carbons (Fsp3) is 0.519. The van der Waals surface area contributed by atoms with Crippen molar-refractivity contribution < 1.29 is 36.2 Å². The van der Waals surface area contributed by atoms with Crippen LogP contribution in [0.2, 0.25) is 0 Å². The highest BCUT2D eigenvalue weighted by molar-refractivity contribution is 7.90. The molecule has 2 aromatic carbocycles. The fourth-order valence-electron chi connectivity index (χ4n) is 4.92. The molecule has 1 unspecified atom stereocenters. The average Bonchev–Trinajstić information content (AvgIpc) is 3.34. The third-order valence-electron chi connectivity index (χ3n) is 7.21. The lowest BCUT2D eigenvalue weighted by Gasteiger charge is -2.46. The first kappa shape index (κ1) is 31.8. The van der Waals surface area contributed by atoms with Crippen LogP contribution in [-0.2, 0) is 31.3 Å². The summed E-state index contributed by atoms with van der Waals surface area (Å²) in [4.78, 5) is 12.2. The zero-order valence-corrected chi connectivity index (χ0v) is 25.2. The Balaban J connectivity index is 2.08. The van der Waals surface area contributed by atoms with Gasteiger partial charge >= 0.3 is 0 Å². The van der Waals surface area contributed by atoms with E-state index in [1.165, 1.54) is 43.5 Å². The van der Waals surface area contributed by atoms with Crippen LogP contribution < -0.4 is 15.2 Å². The van der Waals surface area contributed by atoms with Crippen LogP contribution in [0.3, 0.4) is 0 Å². The number of hydrogen-bond donors (Lipinski definition) is 2. The average molecular weight is 598 g/mol. The maximum absolute atomic E-state index is 13.8. The lowest BCUT2D eigenvalue weighted by Crippen LogP contribution is -2.63. The summed E-state index contributed by atoms with van der Waals surface area (Å²) in [6.45, 7) is 4.85. The number of carbonyl (C=O) groups is 1. The molecule has 3 N–H and O–H groups in total. The lowest BCUT2D eigenvalue weighted by atomic mass is 9.78. The number of nitrogens with two attached hydrogens (primary N) is 1. The van der Waals surface area contributed by atoms with Crippen LogP contribution in [0, 0.1) is 5.92 Å². The first-order valence-corrected chi connectivity index (χ1v) is 15.8. The summed E-state index contributed by atoms with van der Waals surface area (Å²) in [7, 11) is -5.77. The third kappa shape index (κ3) is 6.44. The number of carbonyl (C=O) groups excluding carboxylic acids is 1. The molecular formula is C27H39N3O8S2. The molecule has 0 aliphatic carbocycles. The van der Waals surface area contributed by atoms with E-state index in [2.05, 4.69) is 0 Å². The van der Waals surface area contributed by atoms with Crippen LogP contribution >= 0.6 is 0 Å². The Morgan fingerprint density at radius 3 is 2.25 bits per heavy atom. The van der Waals surface area contributed by atoms with Crippen LogP contribution in [0.15, 0.2) is 53.4 Å². The Morgan fingerprint density at radius 1 is 1.05 bits per heavy atom. The fourth-order valence-corrected chi connectivity index (χ4v) is 8.32. The molecule has 0 bridgehead atoms.